The molecular formula is C26H32N8O. The number of aromatic amines is 2. The Morgan fingerprint density at radius 2 is 1.86 bits per heavy atom. The molecule has 0 atom stereocenters. The smallest absolute Gasteiger partial charge is 0.156 e. The molecule has 0 radical (unpaired) electrons. The van der Waals surface area contributed by atoms with Gasteiger partial charge in [0.15, 0.2) is 5.82 Å². The number of likely N-dealkylation sites (N-methyl/N-ethyl adjacent to an activating group) is 1. The lowest BCUT2D eigenvalue weighted by Gasteiger charge is -2.34. The molecule has 2 fully saturated rings. The third-order valence-corrected chi connectivity index (χ3v) is 7.05. The van der Waals surface area contributed by atoms with Crippen LogP contribution < -0.4 is 9.64 Å². The molecule has 9 heteroatoms. The van der Waals surface area contributed by atoms with Crippen LogP contribution >= 0.6 is 0 Å². The number of nitrogens with zero attached hydrogens (tertiary/aromatic N) is 6. The minimum Gasteiger partial charge on any atom is -0.491 e. The van der Waals surface area contributed by atoms with E-state index in [-0.39, 0.29) is 0 Å². The number of aromatic nitrogens is 5. The van der Waals surface area contributed by atoms with E-state index in [1.54, 1.807) is 6.20 Å². The van der Waals surface area contributed by atoms with Gasteiger partial charge in [0, 0.05) is 44.5 Å². The molecule has 9 nitrogen and oxygen atoms in total. The average molecular weight is 473 g/mol. The Morgan fingerprint density at radius 3 is 2.71 bits per heavy atom. The number of ether oxygens (including phenoxy) is 1. The first-order valence-corrected chi connectivity index (χ1v) is 12.5. The number of imidazole rings is 1. The van der Waals surface area contributed by atoms with Crippen LogP contribution in [0, 0.1) is 0 Å². The zero-order chi connectivity index (χ0) is 23.6. The number of anilines is 1. The summed E-state index contributed by atoms with van der Waals surface area (Å²) >= 11 is 0. The summed E-state index contributed by atoms with van der Waals surface area (Å²) in [7, 11) is 2.17. The van der Waals surface area contributed by atoms with Gasteiger partial charge in [-0.25, -0.2) is 4.98 Å². The molecule has 6 rings (SSSR count). The van der Waals surface area contributed by atoms with Crippen LogP contribution in [0.4, 0.5) is 5.69 Å². The molecule has 2 aliphatic rings. The molecule has 182 valence electrons. The third kappa shape index (κ3) is 4.74. The Labute approximate surface area is 205 Å². The normalized spacial score (nSPS) is 17.5. The van der Waals surface area contributed by atoms with Gasteiger partial charge in [-0.05, 0) is 57.2 Å². The van der Waals surface area contributed by atoms with E-state index in [1.807, 2.05) is 18.3 Å². The lowest BCUT2D eigenvalue weighted by Crippen LogP contribution is -2.44. The van der Waals surface area contributed by atoms with Crippen molar-refractivity contribution in [2.24, 2.45) is 0 Å². The van der Waals surface area contributed by atoms with Gasteiger partial charge in [-0.15, -0.1) is 0 Å². The Kier molecular flexibility index (Phi) is 6.10. The van der Waals surface area contributed by atoms with Crippen molar-refractivity contribution in [2.75, 3.05) is 64.4 Å². The van der Waals surface area contributed by atoms with Crippen molar-refractivity contribution in [1.29, 1.82) is 0 Å². The van der Waals surface area contributed by atoms with Crippen molar-refractivity contribution >= 4 is 16.7 Å². The monoisotopic (exact) mass is 472 g/mol. The number of hydrogen-bond acceptors (Lipinski definition) is 7. The predicted octanol–water partition coefficient (Wildman–Crippen LogP) is 3.24. The number of piperazine rings is 1. The maximum absolute atomic E-state index is 5.97. The summed E-state index contributed by atoms with van der Waals surface area (Å²) in [6.45, 7) is 8.13. The lowest BCUT2D eigenvalue weighted by atomic mass is 10.2. The van der Waals surface area contributed by atoms with Gasteiger partial charge in [-0.1, -0.05) is 6.07 Å². The Balaban J connectivity index is 1.19. The number of rotatable bonds is 7. The average Bonchev–Trinajstić information content (AvgIpc) is 3.65. The first kappa shape index (κ1) is 22.1. The number of pyridine rings is 1. The van der Waals surface area contributed by atoms with Gasteiger partial charge in [-0.3, -0.25) is 15.0 Å². The van der Waals surface area contributed by atoms with Crippen molar-refractivity contribution in [3.63, 3.8) is 0 Å². The molecule has 1 aromatic carbocycles. The Bertz CT molecular complexity index is 1280. The fraction of sp³-hybridized carbons (Fsp3) is 0.423. The van der Waals surface area contributed by atoms with E-state index in [9.17, 15) is 0 Å². The van der Waals surface area contributed by atoms with Crippen molar-refractivity contribution in [3.05, 3.63) is 42.7 Å². The number of para-hydroxylation sites is 1. The molecule has 2 N–H and O–H groups in total. The quantitative estimate of drug-likeness (QED) is 0.427. The molecule has 35 heavy (non-hydrogen) atoms. The van der Waals surface area contributed by atoms with Crippen molar-refractivity contribution in [3.8, 4) is 28.5 Å². The zero-order valence-electron chi connectivity index (χ0n) is 20.2. The molecule has 0 amide bonds. The van der Waals surface area contributed by atoms with Gasteiger partial charge in [-0.2, -0.15) is 5.10 Å². The summed E-state index contributed by atoms with van der Waals surface area (Å²) in [5.41, 5.74) is 5.79. The first-order valence-electron chi connectivity index (χ1n) is 12.5. The lowest BCUT2D eigenvalue weighted by molar-refractivity contribution is 0.237. The fourth-order valence-corrected chi connectivity index (χ4v) is 4.97. The molecule has 4 aromatic rings. The maximum Gasteiger partial charge on any atom is 0.156 e. The number of nitrogens with one attached hydrogen (secondary N) is 2. The molecule has 0 unspecified atom stereocenters. The van der Waals surface area contributed by atoms with E-state index in [2.05, 4.69) is 60.1 Å². The molecule has 0 aliphatic carbocycles. The van der Waals surface area contributed by atoms with Gasteiger partial charge in [0.2, 0.25) is 0 Å². The fourth-order valence-electron chi connectivity index (χ4n) is 4.97. The molecule has 2 saturated heterocycles. The van der Waals surface area contributed by atoms with Gasteiger partial charge in [0.1, 0.15) is 23.6 Å². The van der Waals surface area contributed by atoms with Gasteiger partial charge >= 0.3 is 0 Å². The van der Waals surface area contributed by atoms with Crippen LogP contribution in [-0.4, -0.2) is 94.4 Å². The van der Waals surface area contributed by atoms with E-state index in [0.717, 1.165) is 72.3 Å². The van der Waals surface area contributed by atoms with Gasteiger partial charge in [0.25, 0.3) is 0 Å². The summed E-state index contributed by atoms with van der Waals surface area (Å²) in [5, 5.41) is 7.68. The highest BCUT2D eigenvalue weighted by Gasteiger charge is 2.19. The van der Waals surface area contributed by atoms with Crippen molar-refractivity contribution in [2.45, 2.75) is 12.8 Å². The summed E-state index contributed by atoms with van der Waals surface area (Å²) in [6, 6.07) is 10.4. The molecule has 5 heterocycles. The Morgan fingerprint density at radius 1 is 1.00 bits per heavy atom. The highest BCUT2D eigenvalue weighted by atomic mass is 16.5. The first-order chi connectivity index (χ1) is 17.2. The van der Waals surface area contributed by atoms with Crippen LogP contribution in [0.1, 0.15) is 12.8 Å². The van der Waals surface area contributed by atoms with Crippen LogP contribution in [0.15, 0.2) is 42.7 Å². The minimum absolute atomic E-state index is 0.672. The molecule has 3 aromatic heterocycles. The summed E-state index contributed by atoms with van der Waals surface area (Å²) in [5.74, 6) is 1.55. The van der Waals surface area contributed by atoms with E-state index in [1.165, 1.54) is 31.6 Å². The van der Waals surface area contributed by atoms with Crippen LogP contribution in [0.2, 0.25) is 0 Å². The van der Waals surface area contributed by atoms with E-state index in [4.69, 9.17) is 9.72 Å². The number of likely N-dealkylation sites (tertiary alicyclic amines) is 1. The van der Waals surface area contributed by atoms with E-state index >= 15 is 0 Å². The molecule has 0 bridgehead atoms. The van der Waals surface area contributed by atoms with Crippen molar-refractivity contribution in [1.82, 2.24) is 34.9 Å². The van der Waals surface area contributed by atoms with E-state index < -0.39 is 0 Å². The number of benzene rings is 1. The van der Waals surface area contributed by atoms with Gasteiger partial charge in [0.05, 0.1) is 23.1 Å². The molecule has 2 aliphatic heterocycles. The van der Waals surface area contributed by atoms with Crippen LogP contribution in [-0.2, 0) is 0 Å². The largest absolute Gasteiger partial charge is 0.491 e. The summed E-state index contributed by atoms with van der Waals surface area (Å²) in [4.78, 5) is 20.0. The SMILES string of the molecule is CN1CCN(c2cccc3[nH]c(-c4cc(-c5cncc(OCCN6CCCC6)c5)n[nH]4)nc23)CC1. The highest BCUT2D eigenvalue weighted by molar-refractivity contribution is 5.91. The van der Waals surface area contributed by atoms with Crippen LogP contribution in [0.5, 0.6) is 5.75 Å². The number of hydrogen-bond donors (Lipinski definition) is 2. The summed E-state index contributed by atoms with van der Waals surface area (Å²) < 4.78 is 5.97. The third-order valence-electron chi connectivity index (χ3n) is 7.05. The molecule has 0 saturated carbocycles. The number of fused-ring (bicyclic) bond motifs is 1. The molecular weight excluding hydrogens is 440 g/mol. The van der Waals surface area contributed by atoms with Gasteiger partial charge < -0.3 is 19.5 Å². The number of H-pyrrole nitrogens is 2. The molecule has 0 spiro atoms. The summed E-state index contributed by atoms with van der Waals surface area (Å²) in [6.07, 6.45) is 6.17. The standard InChI is InChI=1S/C26H32N8O/c1-32-9-11-34(12-10-32)24-6-4-5-21-25(24)29-26(28-21)23-16-22(30-31-23)19-15-20(18-27-17-19)35-14-13-33-7-2-3-8-33/h4-6,15-18H,2-3,7-14H2,1H3,(H,28,29)(H,30,31). The second-order valence-electron chi connectivity index (χ2n) is 9.52. The van der Waals surface area contributed by atoms with Crippen LogP contribution in [0.25, 0.3) is 33.8 Å². The predicted molar refractivity (Wildman–Crippen MR) is 138 cm³/mol. The Hall–Kier alpha value is -3.43. The maximum atomic E-state index is 5.97. The van der Waals surface area contributed by atoms with Crippen LogP contribution in [0.3, 0.4) is 0 Å². The minimum atomic E-state index is 0.672. The zero-order valence-corrected chi connectivity index (χ0v) is 20.2. The topological polar surface area (TPSA) is 89.2 Å². The second-order valence-corrected chi connectivity index (χ2v) is 9.52. The van der Waals surface area contributed by atoms with Crippen molar-refractivity contribution < 1.29 is 4.74 Å². The second kappa shape index (κ2) is 9.67. The van der Waals surface area contributed by atoms with E-state index in [0.29, 0.717) is 6.61 Å². The highest BCUT2D eigenvalue weighted by Crippen LogP contribution is 2.30.